The van der Waals surface area contributed by atoms with Crippen LogP contribution in [0.5, 0.6) is 17.5 Å². The van der Waals surface area contributed by atoms with Gasteiger partial charge in [-0.3, -0.25) is 0 Å². The van der Waals surface area contributed by atoms with Crippen molar-refractivity contribution in [1.82, 2.24) is 9.97 Å². The molecule has 7 nitrogen and oxygen atoms in total. The van der Waals surface area contributed by atoms with Crippen LogP contribution in [0.4, 0.5) is 5.69 Å². The van der Waals surface area contributed by atoms with Crippen molar-refractivity contribution in [1.29, 1.82) is 0 Å². The van der Waals surface area contributed by atoms with Gasteiger partial charge >= 0.3 is 5.97 Å². The molecule has 0 aliphatic heterocycles. The van der Waals surface area contributed by atoms with Gasteiger partial charge in [-0.15, -0.1) is 0 Å². The Morgan fingerprint density at radius 3 is 2.44 bits per heavy atom. The summed E-state index contributed by atoms with van der Waals surface area (Å²) in [5, 5.41) is 0. The highest BCUT2D eigenvalue weighted by Crippen LogP contribution is 2.33. The standard InChI is InChI=1S/C18H21N3O4/c1-23-18(22)12-7-9-14(10-8-12)25-17-15(19)16(20-11-21-17)24-13-5-3-2-4-6-13/h7-11,13H,2-6,19H2,1H3. The quantitative estimate of drug-likeness (QED) is 0.831. The number of anilines is 1. The minimum atomic E-state index is -0.406. The van der Waals surface area contributed by atoms with E-state index in [-0.39, 0.29) is 17.7 Å². The van der Waals surface area contributed by atoms with E-state index < -0.39 is 5.97 Å². The molecule has 1 fully saturated rings. The summed E-state index contributed by atoms with van der Waals surface area (Å²) in [6, 6.07) is 6.51. The SMILES string of the molecule is COC(=O)c1ccc(Oc2ncnc(OC3CCCCC3)c2N)cc1. The van der Waals surface area contributed by atoms with Crippen molar-refractivity contribution >= 4 is 11.7 Å². The summed E-state index contributed by atoms with van der Waals surface area (Å²) >= 11 is 0. The number of hydrogen-bond donors (Lipinski definition) is 1. The number of esters is 1. The van der Waals surface area contributed by atoms with E-state index in [0.717, 1.165) is 25.7 Å². The first-order chi connectivity index (χ1) is 12.2. The maximum Gasteiger partial charge on any atom is 0.337 e. The van der Waals surface area contributed by atoms with E-state index in [4.69, 9.17) is 15.2 Å². The molecular weight excluding hydrogens is 322 g/mol. The van der Waals surface area contributed by atoms with Gasteiger partial charge in [0, 0.05) is 0 Å². The molecule has 1 aliphatic rings. The van der Waals surface area contributed by atoms with Crippen LogP contribution in [0.3, 0.4) is 0 Å². The van der Waals surface area contributed by atoms with Gasteiger partial charge in [-0.2, -0.15) is 9.97 Å². The first kappa shape index (κ1) is 17.0. The molecule has 2 N–H and O–H groups in total. The van der Waals surface area contributed by atoms with Gasteiger partial charge in [-0.05, 0) is 49.9 Å². The van der Waals surface area contributed by atoms with E-state index in [2.05, 4.69) is 14.7 Å². The molecule has 25 heavy (non-hydrogen) atoms. The van der Waals surface area contributed by atoms with Crippen molar-refractivity contribution in [2.24, 2.45) is 0 Å². The number of methoxy groups -OCH3 is 1. The van der Waals surface area contributed by atoms with E-state index in [1.807, 2.05) is 0 Å². The fourth-order valence-corrected chi connectivity index (χ4v) is 2.77. The number of hydrogen-bond acceptors (Lipinski definition) is 7. The highest BCUT2D eigenvalue weighted by Gasteiger charge is 2.19. The second kappa shape index (κ2) is 7.83. The molecule has 1 aromatic carbocycles. The van der Waals surface area contributed by atoms with Crippen LogP contribution >= 0.6 is 0 Å². The lowest BCUT2D eigenvalue weighted by molar-refractivity contribution is 0.0600. The Kier molecular flexibility index (Phi) is 5.33. The largest absolute Gasteiger partial charge is 0.473 e. The first-order valence-corrected chi connectivity index (χ1v) is 8.30. The highest BCUT2D eigenvalue weighted by atomic mass is 16.5. The zero-order valence-electron chi connectivity index (χ0n) is 14.1. The lowest BCUT2D eigenvalue weighted by atomic mass is 9.98. The number of benzene rings is 1. The van der Waals surface area contributed by atoms with Crippen molar-refractivity contribution in [2.75, 3.05) is 12.8 Å². The minimum absolute atomic E-state index is 0.137. The Bertz CT molecular complexity index is 728. The number of nitrogens with zero attached hydrogens (tertiary/aromatic N) is 2. The zero-order valence-corrected chi connectivity index (χ0v) is 14.1. The number of nitrogens with two attached hydrogens (primary N) is 1. The first-order valence-electron chi connectivity index (χ1n) is 8.30. The molecule has 132 valence electrons. The van der Waals surface area contributed by atoms with Crippen molar-refractivity contribution in [3.8, 4) is 17.5 Å². The normalized spacial score (nSPS) is 14.8. The van der Waals surface area contributed by atoms with E-state index in [9.17, 15) is 4.79 Å². The van der Waals surface area contributed by atoms with Crippen LogP contribution in [-0.4, -0.2) is 29.2 Å². The molecule has 1 aliphatic carbocycles. The van der Waals surface area contributed by atoms with Crippen LogP contribution in [-0.2, 0) is 4.74 Å². The summed E-state index contributed by atoms with van der Waals surface area (Å²) < 4.78 is 16.3. The lowest BCUT2D eigenvalue weighted by Crippen LogP contribution is -2.21. The zero-order chi connectivity index (χ0) is 17.6. The van der Waals surface area contributed by atoms with Crippen molar-refractivity contribution < 1.29 is 19.0 Å². The molecule has 1 saturated carbocycles. The van der Waals surface area contributed by atoms with E-state index in [0.29, 0.717) is 17.2 Å². The summed E-state index contributed by atoms with van der Waals surface area (Å²) in [7, 11) is 1.34. The summed E-state index contributed by atoms with van der Waals surface area (Å²) in [4.78, 5) is 19.6. The Morgan fingerprint density at radius 1 is 1.08 bits per heavy atom. The topological polar surface area (TPSA) is 96.6 Å². The van der Waals surface area contributed by atoms with Crippen molar-refractivity contribution in [3.63, 3.8) is 0 Å². The van der Waals surface area contributed by atoms with Gasteiger partial charge in [0.05, 0.1) is 12.7 Å². The average Bonchev–Trinajstić information content (AvgIpc) is 2.66. The average molecular weight is 343 g/mol. The van der Waals surface area contributed by atoms with Crippen LogP contribution in [0.1, 0.15) is 42.5 Å². The summed E-state index contributed by atoms with van der Waals surface area (Å²) in [6.45, 7) is 0. The number of nitrogen functional groups attached to an aromatic ring is 1. The Hall–Kier alpha value is -2.83. The summed E-state index contributed by atoms with van der Waals surface area (Å²) in [5.41, 5.74) is 6.80. The molecule has 0 radical (unpaired) electrons. The smallest absolute Gasteiger partial charge is 0.337 e. The third-order valence-electron chi connectivity index (χ3n) is 4.13. The molecule has 0 bridgehead atoms. The molecule has 3 rings (SSSR count). The van der Waals surface area contributed by atoms with Gasteiger partial charge in [-0.25, -0.2) is 4.79 Å². The number of carbonyl (C=O) groups is 1. The molecule has 0 amide bonds. The molecule has 0 saturated heterocycles. The highest BCUT2D eigenvalue weighted by molar-refractivity contribution is 5.89. The van der Waals surface area contributed by atoms with Gasteiger partial charge in [0.25, 0.3) is 0 Å². The summed E-state index contributed by atoms with van der Waals surface area (Å²) in [6.07, 6.45) is 7.08. The van der Waals surface area contributed by atoms with Gasteiger partial charge in [-0.1, -0.05) is 6.42 Å². The molecule has 1 aromatic heterocycles. The fourth-order valence-electron chi connectivity index (χ4n) is 2.77. The van der Waals surface area contributed by atoms with E-state index in [1.165, 1.54) is 19.9 Å². The molecular formula is C18H21N3O4. The third kappa shape index (κ3) is 4.17. The third-order valence-corrected chi connectivity index (χ3v) is 4.13. The maximum atomic E-state index is 11.5. The molecule has 0 atom stereocenters. The Balaban J connectivity index is 1.72. The summed E-state index contributed by atoms with van der Waals surface area (Å²) in [5.74, 6) is 0.674. The number of carbonyl (C=O) groups excluding carboxylic acids is 1. The number of aromatic nitrogens is 2. The van der Waals surface area contributed by atoms with Crippen LogP contribution in [0.15, 0.2) is 30.6 Å². The van der Waals surface area contributed by atoms with Crippen LogP contribution < -0.4 is 15.2 Å². The second-order valence-corrected chi connectivity index (χ2v) is 5.89. The lowest BCUT2D eigenvalue weighted by Gasteiger charge is -2.23. The van der Waals surface area contributed by atoms with Crippen LogP contribution in [0.2, 0.25) is 0 Å². The predicted molar refractivity (Wildman–Crippen MR) is 91.8 cm³/mol. The molecule has 7 heteroatoms. The van der Waals surface area contributed by atoms with Gasteiger partial charge in [0.2, 0.25) is 11.8 Å². The molecule has 0 unspecified atom stereocenters. The van der Waals surface area contributed by atoms with Crippen LogP contribution in [0, 0.1) is 0 Å². The van der Waals surface area contributed by atoms with E-state index in [1.54, 1.807) is 24.3 Å². The number of rotatable bonds is 5. The second-order valence-electron chi connectivity index (χ2n) is 5.89. The molecule has 0 spiro atoms. The van der Waals surface area contributed by atoms with Gasteiger partial charge < -0.3 is 19.9 Å². The Labute approximate surface area is 146 Å². The monoisotopic (exact) mass is 343 g/mol. The maximum absolute atomic E-state index is 11.5. The fraction of sp³-hybridized carbons (Fsp3) is 0.389. The van der Waals surface area contributed by atoms with Gasteiger partial charge in [0.1, 0.15) is 18.2 Å². The van der Waals surface area contributed by atoms with E-state index >= 15 is 0 Å². The molecule has 1 heterocycles. The van der Waals surface area contributed by atoms with Crippen LogP contribution in [0.25, 0.3) is 0 Å². The Morgan fingerprint density at radius 2 is 1.76 bits per heavy atom. The van der Waals surface area contributed by atoms with Crippen molar-refractivity contribution in [3.05, 3.63) is 36.2 Å². The van der Waals surface area contributed by atoms with Crippen molar-refractivity contribution in [2.45, 2.75) is 38.2 Å². The van der Waals surface area contributed by atoms with Gasteiger partial charge in [0.15, 0.2) is 5.69 Å². The predicted octanol–water partition coefficient (Wildman–Crippen LogP) is 3.35. The number of ether oxygens (including phenoxy) is 3. The molecule has 2 aromatic rings. The minimum Gasteiger partial charge on any atom is -0.473 e.